The maximum Gasteiger partial charge on any atom is 0.0273 e. The second-order valence-corrected chi connectivity index (χ2v) is 7.62. The van der Waals surface area contributed by atoms with Crippen molar-refractivity contribution in [1.82, 2.24) is 9.97 Å². The Kier molecular flexibility index (Phi) is 3.48. The number of aromatic nitrogens is 2. The summed E-state index contributed by atoms with van der Waals surface area (Å²) in [6.07, 6.45) is 7.40. The number of benzene rings is 2. The van der Waals surface area contributed by atoms with Gasteiger partial charge in [0, 0.05) is 30.2 Å². The molecule has 2 aromatic carbocycles. The van der Waals surface area contributed by atoms with Crippen LogP contribution in [0.4, 0.5) is 0 Å². The van der Waals surface area contributed by atoms with Crippen molar-refractivity contribution in [1.29, 1.82) is 0 Å². The maximum atomic E-state index is 4.14. The lowest BCUT2D eigenvalue weighted by Gasteiger charge is -2.22. The highest BCUT2D eigenvalue weighted by Crippen LogP contribution is 2.50. The third-order valence-electron chi connectivity index (χ3n) is 5.70. The van der Waals surface area contributed by atoms with E-state index in [-0.39, 0.29) is 5.41 Å². The molecular weight excluding hydrogens is 328 g/mol. The fourth-order valence-corrected chi connectivity index (χ4v) is 4.19. The van der Waals surface area contributed by atoms with E-state index in [9.17, 15) is 0 Å². The van der Waals surface area contributed by atoms with Crippen molar-refractivity contribution in [2.45, 2.75) is 19.3 Å². The Morgan fingerprint density at radius 1 is 0.519 bits per heavy atom. The molecule has 130 valence electrons. The number of hydrogen-bond acceptors (Lipinski definition) is 2. The van der Waals surface area contributed by atoms with E-state index in [1.165, 1.54) is 44.5 Å². The van der Waals surface area contributed by atoms with Gasteiger partial charge in [-0.05, 0) is 80.9 Å². The highest BCUT2D eigenvalue weighted by Gasteiger charge is 2.35. The summed E-state index contributed by atoms with van der Waals surface area (Å²) in [7, 11) is 0. The second-order valence-electron chi connectivity index (χ2n) is 7.62. The van der Waals surface area contributed by atoms with Crippen LogP contribution in [0.1, 0.15) is 25.0 Å². The minimum atomic E-state index is -0.0310. The van der Waals surface area contributed by atoms with Crippen molar-refractivity contribution in [2.24, 2.45) is 0 Å². The van der Waals surface area contributed by atoms with Crippen molar-refractivity contribution in [2.75, 3.05) is 0 Å². The van der Waals surface area contributed by atoms with Crippen molar-refractivity contribution >= 4 is 0 Å². The van der Waals surface area contributed by atoms with Gasteiger partial charge in [-0.2, -0.15) is 0 Å². The van der Waals surface area contributed by atoms with Crippen molar-refractivity contribution in [3.8, 4) is 33.4 Å². The second kappa shape index (κ2) is 5.88. The molecule has 0 bridgehead atoms. The van der Waals surface area contributed by atoms with Gasteiger partial charge in [0.25, 0.3) is 0 Å². The molecule has 4 aromatic rings. The van der Waals surface area contributed by atoms with Gasteiger partial charge < -0.3 is 0 Å². The van der Waals surface area contributed by atoms with Crippen LogP contribution in [0, 0.1) is 0 Å². The van der Waals surface area contributed by atoms with Crippen molar-refractivity contribution in [3.63, 3.8) is 0 Å². The van der Waals surface area contributed by atoms with Crippen LogP contribution in [0.5, 0.6) is 0 Å². The predicted molar refractivity (Wildman–Crippen MR) is 110 cm³/mol. The summed E-state index contributed by atoms with van der Waals surface area (Å²) < 4.78 is 0. The molecule has 2 aromatic heterocycles. The molecule has 1 aliphatic carbocycles. The summed E-state index contributed by atoms with van der Waals surface area (Å²) in [4.78, 5) is 8.28. The summed E-state index contributed by atoms with van der Waals surface area (Å²) in [6, 6.07) is 21.9. The maximum absolute atomic E-state index is 4.14. The normalized spacial score (nSPS) is 13.9. The first-order valence-corrected chi connectivity index (χ1v) is 9.25. The van der Waals surface area contributed by atoms with Crippen molar-refractivity contribution < 1.29 is 0 Å². The molecule has 0 amide bonds. The van der Waals surface area contributed by atoms with E-state index in [4.69, 9.17) is 0 Å². The number of fused-ring (bicyclic) bond motifs is 3. The van der Waals surface area contributed by atoms with Gasteiger partial charge in [-0.1, -0.05) is 38.1 Å². The highest BCUT2D eigenvalue weighted by atomic mass is 14.6. The van der Waals surface area contributed by atoms with Gasteiger partial charge in [0.15, 0.2) is 0 Å². The summed E-state index contributed by atoms with van der Waals surface area (Å²) in [6.45, 7) is 4.65. The molecule has 0 saturated carbocycles. The Morgan fingerprint density at radius 2 is 0.926 bits per heavy atom. The van der Waals surface area contributed by atoms with Crippen LogP contribution in [-0.4, -0.2) is 9.97 Å². The molecule has 2 nitrogen and oxygen atoms in total. The van der Waals surface area contributed by atoms with Gasteiger partial charge >= 0.3 is 0 Å². The summed E-state index contributed by atoms with van der Waals surface area (Å²) >= 11 is 0. The molecule has 2 heterocycles. The van der Waals surface area contributed by atoms with E-state index in [0.717, 1.165) is 0 Å². The lowest BCUT2D eigenvalue weighted by atomic mass is 9.81. The molecule has 0 N–H and O–H groups in total. The Balaban J connectivity index is 1.65. The van der Waals surface area contributed by atoms with Gasteiger partial charge in [-0.25, -0.2) is 0 Å². The third kappa shape index (κ3) is 2.48. The van der Waals surface area contributed by atoms with Crippen LogP contribution in [0.3, 0.4) is 0 Å². The Labute approximate surface area is 159 Å². The first kappa shape index (κ1) is 16.0. The predicted octanol–water partition coefficient (Wildman–Crippen LogP) is 6.12. The van der Waals surface area contributed by atoms with Gasteiger partial charge in [0.1, 0.15) is 0 Å². The SMILES string of the molecule is CC1(C)c2cc(-c3ccncc3)ccc2-c2ccc(-c3ccncc3)cc21. The molecule has 0 radical (unpaired) electrons. The molecule has 0 atom stereocenters. The van der Waals surface area contributed by atoms with Crippen LogP contribution in [0.15, 0.2) is 85.5 Å². The first-order valence-electron chi connectivity index (χ1n) is 9.25. The molecule has 1 aliphatic rings. The lowest BCUT2D eigenvalue weighted by Crippen LogP contribution is -2.15. The average molecular weight is 348 g/mol. The zero-order valence-corrected chi connectivity index (χ0v) is 15.5. The van der Waals surface area contributed by atoms with Gasteiger partial charge in [0.05, 0.1) is 0 Å². The lowest BCUT2D eigenvalue weighted by molar-refractivity contribution is 0.661. The monoisotopic (exact) mass is 348 g/mol. The standard InChI is InChI=1S/C25H20N2/c1-25(2)23-15-19(17-7-11-26-12-8-17)3-5-21(23)22-6-4-20(16-24(22)25)18-9-13-27-14-10-18/h3-16H,1-2H3. The Morgan fingerprint density at radius 3 is 1.33 bits per heavy atom. The minimum absolute atomic E-state index is 0.0310. The Bertz CT molecular complexity index is 1040. The smallest absolute Gasteiger partial charge is 0.0273 e. The van der Waals surface area contributed by atoms with E-state index >= 15 is 0 Å². The number of hydrogen-bond donors (Lipinski definition) is 0. The van der Waals surface area contributed by atoms with E-state index in [2.05, 4.69) is 84.5 Å². The fourth-order valence-electron chi connectivity index (χ4n) is 4.19. The van der Waals surface area contributed by atoms with Crippen LogP contribution in [0.2, 0.25) is 0 Å². The quantitative estimate of drug-likeness (QED) is 0.436. The highest BCUT2D eigenvalue weighted by molar-refractivity contribution is 5.85. The number of rotatable bonds is 2. The van der Waals surface area contributed by atoms with Gasteiger partial charge in [-0.15, -0.1) is 0 Å². The largest absolute Gasteiger partial charge is 0.265 e. The topological polar surface area (TPSA) is 25.8 Å². The zero-order valence-electron chi connectivity index (χ0n) is 15.5. The Hall–Kier alpha value is -3.26. The molecule has 5 rings (SSSR count). The van der Waals surface area contributed by atoms with Crippen LogP contribution in [-0.2, 0) is 5.41 Å². The molecule has 0 saturated heterocycles. The average Bonchev–Trinajstić information content (AvgIpc) is 2.96. The zero-order chi connectivity index (χ0) is 18.4. The van der Waals surface area contributed by atoms with Crippen LogP contribution >= 0.6 is 0 Å². The molecular formula is C25H20N2. The summed E-state index contributed by atoms with van der Waals surface area (Å²) in [5, 5.41) is 0. The van der Waals surface area contributed by atoms with E-state index in [1.807, 2.05) is 24.8 Å². The van der Waals surface area contributed by atoms with E-state index < -0.39 is 0 Å². The fraction of sp³-hybridized carbons (Fsp3) is 0.120. The molecule has 0 unspecified atom stereocenters. The number of nitrogens with zero attached hydrogens (tertiary/aromatic N) is 2. The summed E-state index contributed by atoms with van der Waals surface area (Å²) in [5.74, 6) is 0. The first-order chi connectivity index (χ1) is 13.1. The molecule has 2 heteroatoms. The van der Waals surface area contributed by atoms with Gasteiger partial charge in [0.2, 0.25) is 0 Å². The third-order valence-corrected chi connectivity index (χ3v) is 5.70. The van der Waals surface area contributed by atoms with E-state index in [1.54, 1.807) is 0 Å². The number of pyridine rings is 2. The van der Waals surface area contributed by atoms with Crippen molar-refractivity contribution in [3.05, 3.63) is 96.6 Å². The van der Waals surface area contributed by atoms with Crippen LogP contribution in [0.25, 0.3) is 33.4 Å². The molecule has 0 aliphatic heterocycles. The van der Waals surface area contributed by atoms with E-state index in [0.29, 0.717) is 0 Å². The molecule has 27 heavy (non-hydrogen) atoms. The van der Waals surface area contributed by atoms with Crippen LogP contribution < -0.4 is 0 Å². The van der Waals surface area contributed by atoms with Gasteiger partial charge in [-0.3, -0.25) is 9.97 Å². The molecule has 0 spiro atoms. The molecule has 0 fully saturated rings. The minimum Gasteiger partial charge on any atom is -0.265 e. The summed E-state index contributed by atoms with van der Waals surface area (Å²) in [5.41, 5.74) is 10.3.